The summed E-state index contributed by atoms with van der Waals surface area (Å²) in [7, 11) is -4.82. The van der Waals surface area contributed by atoms with Crippen LogP contribution in [0.1, 0.15) is 0 Å². The molecule has 6 aromatic rings. The van der Waals surface area contributed by atoms with Gasteiger partial charge in [0.05, 0.1) is 0 Å². The Morgan fingerprint density at radius 2 is 0.476 bits per heavy atom. The Labute approximate surface area is 260 Å². The molecule has 0 aromatic heterocycles. The van der Waals surface area contributed by atoms with Gasteiger partial charge in [-0.2, -0.15) is 0 Å². The second-order valence-electron chi connectivity index (χ2n) is 9.67. The van der Waals surface area contributed by atoms with Crippen LogP contribution in [-0.4, -0.2) is 12.5 Å². The first-order valence-corrected chi connectivity index (χ1v) is 22.8. The molecule has 0 bridgehead atoms. The maximum absolute atomic E-state index is 5.89. The van der Waals surface area contributed by atoms with E-state index in [9.17, 15) is 0 Å². The molecule has 0 saturated heterocycles. The summed E-state index contributed by atoms with van der Waals surface area (Å²) in [6.45, 7) is 0. The van der Waals surface area contributed by atoms with Crippen molar-refractivity contribution in [1.29, 1.82) is 0 Å². The van der Waals surface area contributed by atoms with Crippen LogP contribution in [0, 0.1) is 0 Å². The summed E-state index contributed by atoms with van der Waals surface area (Å²) < 4.78 is 11.8. The van der Waals surface area contributed by atoms with Gasteiger partial charge in [-0.05, 0) is 0 Å². The van der Waals surface area contributed by atoms with Crippen LogP contribution in [0.4, 0.5) is 0 Å². The summed E-state index contributed by atoms with van der Waals surface area (Å²) >= 11 is 2.05. The molecule has 0 heterocycles. The predicted molar refractivity (Wildman–Crippen MR) is 190 cm³/mol. The third-order valence-corrected chi connectivity index (χ3v) is 23.0. The molecule has 0 radical (unpaired) electrons. The van der Waals surface area contributed by atoms with Crippen LogP contribution in [0.25, 0.3) is 0 Å². The van der Waals surface area contributed by atoms with Crippen molar-refractivity contribution in [2.24, 2.45) is 7.52 Å². The van der Waals surface area contributed by atoms with Crippen LogP contribution < -0.4 is 31.8 Å². The van der Waals surface area contributed by atoms with Gasteiger partial charge in [-0.1, -0.05) is 0 Å². The third-order valence-electron chi connectivity index (χ3n) is 7.16. The molecule has 6 heteroatoms. The van der Waals surface area contributed by atoms with E-state index < -0.39 is 26.6 Å². The molecular formula is C36H30BrN2P2Se+. The van der Waals surface area contributed by atoms with E-state index in [0.29, 0.717) is 0 Å². The Morgan fingerprint density at radius 1 is 0.310 bits per heavy atom. The van der Waals surface area contributed by atoms with Gasteiger partial charge in [0.25, 0.3) is 0 Å². The molecule has 0 saturated carbocycles. The van der Waals surface area contributed by atoms with E-state index >= 15 is 0 Å². The average Bonchev–Trinajstić information content (AvgIpc) is 3.08. The molecule has 0 spiro atoms. The topological polar surface area (TPSA) is 24.7 Å². The van der Waals surface area contributed by atoms with Gasteiger partial charge in [-0.25, -0.2) is 0 Å². The van der Waals surface area contributed by atoms with Gasteiger partial charge in [-0.15, -0.1) is 0 Å². The molecule has 0 fully saturated rings. The normalized spacial score (nSPS) is 11.7. The Hall–Kier alpha value is -3.22. The monoisotopic (exact) mass is 711 g/mol. The fourth-order valence-electron chi connectivity index (χ4n) is 5.26. The van der Waals surface area contributed by atoms with Gasteiger partial charge in [0.1, 0.15) is 0 Å². The average molecular weight is 711 g/mol. The van der Waals surface area contributed by atoms with Gasteiger partial charge in [0, 0.05) is 0 Å². The molecule has 6 aromatic carbocycles. The van der Waals surface area contributed by atoms with E-state index in [0.717, 1.165) is 0 Å². The zero-order valence-corrected chi connectivity index (χ0v) is 28.0. The van der Waals surface area contributed by atoms with Crippen molar-refractivity contribution < 1.29 is 0 Å². The van der Waals surface area contributed by atoms with E-state index in [4.69, 9.17) is 7.52 Å². The van der Waals surface area contributed by atoms with Crippen LogP contribution in [-0.2, 0) is 0 Å². The van der Waals surface area contributed by atoms with Crippen molar-refractivity contribution in [1.82, 2.24) is 0 Å². The number of rotatable bonds is 8. The molecule has 2 nitrogen and oxygen atoms in total. The summed E-state index contributed by atoms with van der Waals surface area (Å²) in [5.41, 5.74) is 0. The van der Waals surface area contributed by atoms with Crippen molar-refractivity contribution in [2.75, 3.05) is 0 Å². The minimum absolute atomic E-state index is 1.23. The van der Waals surface area contributed by atoms with Crippen molar-refractivity contribution in [3.8, 4) is 0 Å². The summed E-state index contributed by atoms with van der Waals surface area (Å²) in [6.07, 6.45) is 0. The van der Waals surface area contributed by atoms with Crippen LogP contribution in [0.2, 0.25) is 0 Å². The van der Waals surface area contributed by atoms with Gasteiger partial charge >= 0.3 is 262 Å². The third kappa shape index (κ3) is 5.71. The first kappa shape index (κ1) is 28.9. The van der Waals surface area contributed by atoms with Crippen molar-refractivity contribution in [2.45, 2.75) is 0 Å². The van der Waals surface area contributed by atoms with Crippen molar-refractivity contribution in [3.05, 3.63) is 182 Å². The van der Waals surface area contributed by atoms with Gasteiger partial charge in [-0.3, -0.25) is 0 Å². The van der Waals surface area contributed by atoms with Crippen LogP contribution in [0.15, 0.2) is 190 Å². The molecule has 0 aliphatic heterocycles. The Morgan fingerprint density at radius 3 is 0.643 bits per heavy atom. The maximum atomic E-state index is 5.89. The molecule has 0 unspecified atom stereocenters. The standard InChI is InChI=1S/C36H30BrN2P2Se/c37-42(38-40(31-19-7-1-8-20-31,32-21-9-2-10-22-32)33-23-11-3-12-24-33)39-41(34-25-13-4-14-26-34,35-27-15-5-16-28-35)36-29-17-6-18-30-36/h1-30H/q+1. The molecule has 206 valence electrons. The number of nitrogens with zero attached hydrogens (tertiary/aromatic N) is 2. The molecule has 0 aliphatic carbocycles. The van der Waals surface area contributed by atoms with Gasteiger partial charge < -0.3 is 0 Å². The Balaban J connectivity index is 1.72. The molecule has 0 atom stereocenters. The Bertz CT molecular complexity index is 1490. The fourth-order valence-corrected chi connectivity index (χ4v) is 24.5. The number of hydrogen-bond donors (Lipinski definition) is 0. The predicted octanol–water partition coefficient (Wildman–Crippen LogP) is 7.72. The van der Waals surface area contributed by atoms with E-state index in [1.807, 2.05) is 0 Å². The van der Waals surface area contributed by atoms with E-state index in [1.54, 1.807) is 0 Å². The first-order valence-electron chi connectivity index (χ1n) is 13.7. The minimum atomic E-state index is -2.41. The second kappa shape index (κ2) is 13.4. The van der Waals surface area contributed by atoms with E-state index in [-0.39, 0.29) is 0 Å². The molecule has 6 rings (SSSR count). The van der Waals surface area contributed by atoms with Crippen LogP contribution in [0.5, 0.6) is 0 Å². The molecule has 42 heavy (non-hydrogen) atoms. The molecule has 0 aliphatic rings. The number of halogens is 1. The molecule has 0 N–H and O–H groups in total. The quantitative estimate of drug-likeness (QED) is 0.114. The summed E-state index contributed by atoms with van der Waals surface area (Å²) in [5.74, 6) is 0. The van der Waals surface area contributed by atoms with Crippen LogP contribution in [0.3, 0.4) is 0 Å². The van der Waals surface area contributed by atoms with Crippen LogP contribution >= 0.6 is 28.2 Å². The van der Waals surface area contributed by atoms with Crippen molar-refractivity contribution in [3.63, 3.8) is 0 Å². The zero-order valence-electron chi connectivity index (χ0n) is 22.9. The van der Waals surface area contributed by atoms with Gasteiger partial charge in [0.2, 0.25) is 0 Å². The number of hydrogen-bond acceptors (Lipinski definition) is 2. The van der Waals surface area contributed by atoms with Crippen molar-refractivity contribution >= 4 is 72.6 Å². The van der Waals surface area contributed by atoms with Gasteiger partial charge in [0.15, 0.2) is 0 Å². The molecular weight excluding hydrogens is 681 g/mol. The summed E-state index contributed by atoms with van der Waals surface area (Å²) in [6, 6.07) is 64.8. The fraction of sp³-hybridized carbons (Fsp3) is 0. The first-order chi connectivity index (χ1) is 20.7. The summed E-state index contributed by atoms with van der Waals surface area (Å²) in [4.78, 5) is 0. The number of benzene rings is 6. The SMILES string of the molecule is Br[Se+](N=P(c1ccccc1)(c1ccccc1)c1ccccc1)N=P(c1ccccc1)(c1ccccc1)c1ccccc1. The molecule has 0 amide bonds. The van der Waals surface area contributed by atoms with E-state index in [1.165, 1.54) is 31.8 Å². The van der Waals surface area contributed by atoms with E-state index in [2.05, 4.69) is 196 Å². The second-order valence-corrected chi connectivity index (χ2v) is 21.6. The Kier molecular flexibility index (Phi) is 9.21. The zero-order chi connectivity index (χ0) is 28.7. The summed E-state index contributed by atoms with van der Waals surface area (Å²) in [5, 5.41) is 7.38.